The van der Waals surface area contributed by atoms with Gasteiger partial charge < -0.3 is 0 Å². The van der Waals surface area contributed by atoms with Gasteiger partial charge in [0.2, 0.25) is 0 Å². The lowest BCUT2D eigenvalue weighted by atomic mass is 10.1. The molecule has 0 saturated heterocycles. The maximum Gasteiger partial charge on any atom is 0.106 e. The molecule has 0 bridgehead atoms. The molecule has 0 fully saturated rings. The molecular formula is C12H7BrN2. The van der Waals surface area contributed by atoms with Gasteiger partial charge in [-0.15, -0.1) is 0 Å². The summed E-state index contributed by atoms with van der Waals surface area (Å²) in [6.45, 7) is 0. The Bertz CT molecular complexity index is 895. The van der Waals surface area contributed by atoms with Crippen molar-refractivity contribution in [1.29, 1.82) is 0 Å². The lowest BCUT2D eigenvalue weighted by molar-refractivity contribution is 1.34. The van der Waals surface area contributed by atoms with Crippen molar-refractivity contribution in [3.63, 3.8) is 0 Å². The average Bonchev–Trinajstić information content (AvgIpc) is 2.47. The second kappa shape index (κ2) is 3.28. The first-order chi connectivity index (χ1) is 10.3. The molecule has 2 aromatic heterocycles. The molecule has 3 aromatic rings. The fraction of sp³-hybridized carbons (Fsp3) is 0. The van der Waals surface area contributed by atoms with Gasteiger partial charge in [0.15, 0.2) is 0 Å². The van der Waals surface area contributed by atoms with Crippen molar-refractivity contribution in [2.45, 2.75) is 0 Å². The highest BCUT2D eigenvalue weighted by atomic mass is 79.9. The Morgan fingerprint density at radius 1 is 1.00 bits per heavy atom. The lowest BCUT2D eigenvalue weighted by Gasteiger charge is -2.01. The molecule has 3 rings (SSSR count). The van der Waals surface area contributed by atoms with Crippen LogP contribution in [-0.4, -0.2) is 9.97 Å². The first-order valence-electron chi connectivity index (χ1n) is 7.58. The van der Waals surface area contributed by atoms with Crippen LogP contribution < -0.4 is 0 Å². The molecule has 0 spiro atoms. The molecule has 0 unspecified atom stereocenters. The van der Waals surface area contributed by atoms with Crippen molar-refractivity contribution in [3.05, 3.63) is 47.0 Å². The van der Waals surface area contributed by atoms with Gasteiger partial charge in [-0.05, 0) is 28.0 Å². The molecule has 0 N–H and O–H groups in total. The van der Waals surface area contributed by atoms with Crippen molar-refractivity contribution in [3.8, 4) is 0 Å². The van der Waals surface area contributed by atoms with Crippen molar-refractivity contribution in [1.82, 2.24) is 9.97 Å². The van der Waals surface area contributed by atoms with Crippen LogP contribution in [0.5, 0.6) is 0 Å². The summed E-state index contributed by atoms with van der Waals surface area (Å²) in [6, 6.07) is -1.98. The number of fused-ring (bicyclic) bond motifs is 3. The fourth-order valence-electron chi connectivity index (χ4n) is 1.29. The normalized spacial score (nSPS) is 17.5. The zero-order valence-electron chi connectivity index (χ0n) is 14.3. The molecule has 0 saturated carbocycles. The minimum atomic E-state index is -0.435. The summed E-state index contributed by atoms with van der Waals surface area (Å²) < 4.78 is 55.1. The van der Waals surface area contributed by atoms with Gasteiger partial charge in [0.25, 0.3) is 0 Å². The van der Waals surface area contributed by atoms with Gasteiger partial charge >= 0.3 is 0 Å². The predicted octanol–water partition coefficient (Wildman–Crippen LogP) is 3.55. The highest BCUT2D eigenvalue weighted by Crippen LogP contribution is 2.23. The van der Waals surface area contributed by atoms with Gasteiger partial charge in [0.1, 0.15) is 4.60 Å². The minimum Gasteiger partial charge on any atom is -0.254 e. The summed E-state index contributed by atoms with van der Waals surface area (Å²) in [5.41, 5.74) is 0.0991. The monoisotopic (exact) mass is 265 g/mol. The zero-order chi connectivity index (χ0) is 16.3. The van der Waals surface area contributed by atoms with Crippen LogP contribution >= 0.6 is 15.9 Å². The number of benzene rings is 1. The third-order valence-electron chi connectivity index (χ3n) is 1.92. The molecule has 0 atom stereocenters. The van der Waals surface area contributed by atoms with E-state index >= 15 is 0 Å². The largest absolute Gasteiger partial charge is 0.254 e. The Morgan fingerprint density at radius 2 is 1.73 bits per heavy atom. The number of aromatic nitrogens is 2. The van der Waals surface area contributed by atoms with E-state index in [0.717, 1.165) is 0 Å². The predicted molar refractivity (Wildman–Crippen MR) is 64.7 cm³/mol. The SMILES string of the molecule is [2H]c1nc2c(c([2H])c1[2H])c([2H])c([2H])c1c([2H])c([2H])c(Br)nc12. The van der Waals surface area contributed by atoms with Crippen LogP contribution in [0.2, 0.25) is 0 Å². The standard InChI is InChI=1S/C12H7BrN2/c13-10-6-5-9-4-3-8-2-1-7-14-11(8)12(9)15-10/h1-7H/i1D,2D,3D,4D,5D,6D,7D. The third-order valence-corrected chi connectivity index (χ3v) is 2.30. The molecule has 0 aliphatic rings. The fourth-order valence-corrected chi connectivity index (χ4v) is 1.57. The summed E-state index contributed by atoms with van der Waals surface area (Å²) in [7, 11) is 0. The molecule has 0 radical (unpaired) electrons. The van der Waals surface area contributed by atoms with E-state index in [-0.39, 0.29) is 56.6 Å². The first kappa shape index (κ1) is 4.18. The summed E-state index contributed by atoms with van der Waals surface area (Å²) in [4.78, 5) is 8.00. The number of hydrogen-bond acceptors (Lipinski definition) is 2. The highest BCUT2D eigenvalue weighted by Gasteiger charge is 2.02. The van der Waals surface area contributed by atoms with E-state index in [2.05, 4.69) is 25.9 Å². The Balaban J connectivity index is 2.74. The topological polar surface area (TPSA) is 25.8 Å². The van der Waals surface area contributed by atoms with Crippen molar-refractivity contribution >= 4 is 37.7 Å². The van der Waals surface area contributed by atoms with Gasteiger partial charge in [-0.2, -0.15) is 0 Å². The first-order valence-corrected chi connectivity index (χ1v) is 4.88. The van der Waals surface area contributed by atoms with Crippen LogP contribution in [0, 0.1) is 0 Å². The number of rotatable bonds is 0. The van der Waals surface area contributed by atoms with E-state index in [1.54, 1.807) is 0 Å². The highest BCUT2D eigenvalue weighted by molar-refractivity contribution is 9.10. The van der Waals surface area contributed by atoms with Crippen molar-refractivity contribution in [2.75, 3.05) is 0 Å². The Hall–Kier alpha value is -1.48. The minimum absolute atomic E-state index is 0.0188. The number of halogens is 1. The zero-order valence-corrected chi connectivity index (χ0v) is 8.86. The van der Waals surface area contributed by atoms with E-state index in [0.29, 0.717) is 0 Å². The van der Waals surface area contributed by atoms with Crippen LogP contribution in [0.25, 0.3) is 21.8 Å². The Kier molecular flexibility index (Phi) is 0.913. The molecule has 0 amide bonds. The molecule has 2 nitrogen and oxygen atoms in total. The molecular weight excluding hydrogens is 252 g/mol. The van der Waals surface area contributed by atoms with Gasteiger partial charge in [-0.1, -0.05) is 24.2 Å². The summed E-state index contributed by atoms with van der Waals surface area (Å²) >= 11 is 3.06. The van der Waals surface area contributed by atoms with Gasteiger partial charge in [-0.3, -0.25) is 4.98 Å². The second-order valence-electron chi connectivity index (χ2n) is 2.82. The summed E-state index contributed by atoms with van der Waals surface area (Å²) in [5, 5.41) is -0.0650. The third kappa shape index (κ3) is 1.39. The van der Waals surface area contributed by atoms with E-state index in [4.69, 9.17) is 9.60 Å². The maximum atomic E-state index is 8.03. The van der Waals surface area contributed by atoms with Crippen LogP contribution in [0.1, 0.15) is 9.60 Å². The number of pyridine rings is 2. The molecule has 2 heterocycles. The van der Waals surface area contributed by atoms with E-state index in [9.17, 15) is 0 Å². The Morgan fingerprint density at radius 3 is 2.60 bits per heavy atom. The van der Waals surface area contributed by atoms with E-state index < -0.39 is 12.2 Å². The summed E-state index contributed by atoms with van der Waals surface area (Å²) in [5.74, 6) is 0. The van der Waals surface area contributed by atoms with Gasteiger partial charge in [0, 0.05) is 16.9 Å². The second-order valence-corrected chi connectivity index (χ2v) is 3.57. The average molecular weight is 266 g/mol. The van der Waals surface area contributed by atoms with Gasteiger partial charge in [-0.25, -0.2) is 4.98 Å². The van der Waals surface area contributed by atoms with Crippen LogP contribution in [0.4, 0.5) is 0 Å². The number of nitrogens with zero attached hydrogens (tertiary/aromatic N) is 2. The van der Waals surface area contributed by atoms with Crippen LogP contribution in [0.15, 0.2) is 47.0 Å². The van der Waals surface area contributed by atoms with Crippen LogP contribution in [-0.2, 0) is 0 Å². The molecule has 0 aliphatic carbocycles. The number of hydrogen-bond donors (Lipinski definition) is 0. The van der Waals surface area contributed by atoms with Gasteiger partial charge in [0.05, 0.1) is 20.6 Å². The Labute approximate surface area is 105 Å². The lowest BCUT2D eigenvalue weighted by Crippen LogP contribution is -1.84. The molecule has 1 aromatic carbocycles. The molecule has 0 aliphatic heterocycles. The van der Waals surface area contributed by atoms with Crippen molar-refractivity contribution < 1.29 is 9.60 Å². The van der Waals surface area contributed by atoms with E-state index in [1.807, 2.05) is 0 Å². The smallest absolute Gasteiger partial charge is 0.106 e. The molecule has 15 heavy (non-hydrogen) atoms. The molecule has 3 heteroatoms. The summed E-state index contributed by atoms with van der Waals surface area (Å²) in [6.07, 6.45) is -0.435. The van der Waals surface area contributed by atoms with Crippen LogP contribution in [0.3, 0.4) is 0 Å². The quantitative estimate of drug-likeness (QED) is 0.459. The van der Waals surface area contributed by atoms with E-state index in [1.165, 1.54) is 0 Å². The van der Waals surface area contributed by atoms with Crippen molar-refractivity contribution in [2.24, 2.45) is 0 Å². The maximum absolute atomic E-state index is 8.03. The molecule has 72 valence electrons.